The molecule has 3 rings (SSSR count). The molecule has 0 radical (unpaired) electrons. The molecule has 0 aliphatic carbocycles. The third-order valence-electron chi connectivity index (χ3n) is 3.81. The predicted octanol–water partition coefficient (Wildman–Crippen LogP) is 3.12. The van der Waals surface area contributed by atoms with Crippen molar-refractivity contribution < 1.29 is 18.7 Å². The van der Waals surface area contributed by atoms with Gasteiger partial charge in [0.1, 0.15) is 17.1 Å². The van der Waals surface area contributed by atoms with E-state index in [0.717, 1.165) is 0 Å². The lowest BCUT2D eigenvalue weighted by atomic mass is 9.83. The third kappa shape index (κ3) is 2.99. The first-order valence-electron chi connectivity index (χ1n) is 7.19. The Morgan fingerprint density at radius 3 is 2.64 bits per heavy atom. The quantitative estimate of drug-likeness (QED) is 0.803. The van der Waals surface area contributed by atoms with Crippen molar-refractivity contribution in [2.75, 3.05) is 7.11 Å². The predicted molar refractivity (Wildman–Crippen MR) is 91.9 cm³/mol. The molecule has 0 saturated heterocycles. The van der Waals surface area contributed by atoms with Crippen molar-refractivity contribution in [1.29, 1.82) is 0 Å². The lowest BCUT2D eigenvalue weighted by Crippen LogP contribution is -2.30. The zero-order valence-electron chi connectivity index (χ0n) is 13.3. The molecule has 0 fully saturated rings. The summed E-state index contributed by atoms with van der Waals surface area (Å²) < 4.78 is 15.4. The van der Waals surface area contributed by atoms with E-state index in [-0.39, 0.29) is 27.8 Å². The Bertz CT molecular complexity index is 964. The number of carbonyl (C=O) groups is 1. The number of fused-ring (bicyclic) bond motifs is 1. The minimum Gasteiger partial charge on any atom is -0.465 e. The first-order chi connectivity index (χ1) is 11.8. The first kappa shape index (κ1) is 17.4. The van der Waals surface area contributed by atoms with Gasteiger partial charge < -0.3 is 19.6 Å². The molecule has 0 amide bonds. The Labute approximate surface area is 152 Å². The fourth-order valence-electron chi connectivity index (χ4n) is 2.77. The van der Waals surface area contributed by atoms with Gasteiger partial charge in [0.05, 0.1) is 18.6 Å². The van der Waals surface area contributed by atoms with Gasteiger partial charge in [-0.2, -0.15) is 0 Å². The van der Waals surface area contributed by atoms with Gasteiger partial charge in [0.2, 0.25) is 5.88 Å². The van der Waals surface area contributed by atoms with Crippen molar-refractivity contribution in [3.8, 4) is 5.75 Å². The summed E-state index contributed by atoms with van der Waals surface area (Å²) in [6.07, 6.45) is 0. The van der Waals surface area contributed by atoms with Gasteiger partial charge in [-0.25, -0.2) is 9.59 Å². The average Bonchev–Trinajstić information content (AvgIpc) is 2.52. The fourth-order valence-corrected chi connectivity index (χ4v) is 3.29. The number of rotatable bonds is 2. The maximum atomic E-state index is 12.5. The van der Waals surface area contributed by atoms with E-state index in [1.54, 1.807) is 19.1 Å². The van der Waals surface area contributed by atoms with Crippen molar-refractivity contribution in [2.45, 2.75) is 12.8 Å². The summed E-state index contributed by atoms with van der Waals surface area (Å²) in [5.74, 6) is -1.26. The Balaban J connectivity index is 2.34. The zero-order valence-corrected chi connectivity index (χ0v) is 14.8. The minimum absolute atomic E-state index is 0.0321. The maximum absolute atomic E-state index is 12.5. The molecule has 0 bridgehead atoms. The molecule has 1 atom stereocenters. The second-order valence-electron chi connectivity index (χ2n) is 5.39. The Morgan fingerprint density at radius 2 is 2.00 bits per heavy atom. The maximum Gasteiger partial charge on any atom is 0.343 e. The molecular weight excluding hydrogens is 369 g/mol. The van der Waals surface area contributed by atoms with Gasteiger partial charge in [-0.1, -0.05) is 29.3 Å². The van der Waals surface area contributed by atoms with Crippen molar-refractivity contribution in [1.82, 2.24) is 0 Å². The Kier molecular flexibility index (Phi) is 4.49. The highest BCUT2D eigenvalue weighted by atomic mass is 35.5. The standard InChI is InChI=1S/C17H13Cl2NO5/c1-7-5-11-13(17(22)24-7)12(9-4-3-8(18)6-10(9)19)14(15(20)25-11)16(21)23-2/h3-6,12H,20H2,1-2H3/t12-/m0/s1. The van der Waals surface area contributed by atoms with Crippen LogP contribution in [0.15, 0.2) is 44.9 Å². The normalized spacial score (nSPS) is 16.2. The summed E-state index contributed by atoms with van der Waals surface area (Å²) >= 11 is 12.2. The molecule has 1 aromatic heterocycles. The summed E-state index contributed by atoms with van der Waals surface area (Å²) in [6.45, 7) is 1.60. The van der Waals surface area contributed by atoms with Crippen LogP contribution in [-0.4, -0.2) is 13.1 Å². The SMILES string of the molecule is COC(=O)C1=C(N)Oc2cc(C)oc(=O)c2[C@@H]1c1ccc(Cl)cc1Cl. The van der Waals surface area contributed by atoms with E-state index < -0.39 is 17.5 Å². The number of benzene rings is 1. The van der Waals surface area contributed by atoms with E-state index in [4.69, 9.17) is 42.8 Å². The van der Waals surface area contributed by atoms with Gasteiger partial charge in [-0.3, -0.25) is 0 Å². The van der Waals surface area contributed by atoms with Crippen LogP contribution >= 0.6 is 23.2 Å². The van der Waals surface area contributed by atoms with Gasteiger partial charge in [0, 0.05) is 16.1 Å². The monoisotopic (exact) mass is 381 g/mol. The van der Waals surface area contributed by atoms with Crippen LogP contribution in [0.1, 0.15) is 22.8 Å². The lowest BCUT2D eigenvalue weighted by molar-refractivity contribution is -0.136. The minimum atomic E-state index is -0.905. The topological polar surface area (TPSA) is 91.8 Å². The number of nitrogens with two attached hydrogens (primary N) is 1. The number of aryl methyl sites for hydroxylation is 1. The van der Waals surface area contributed by atoms with Crippen molar-refractivity contribution in [3.63, 3.8) is 0 Å². The number of carbonyl (C=O) groups excluding carboxylic acids is 1. The molecule has 2 aromatic rings. The number of halogens is 2. The number of methoxy groups -OCH3 is 1. The molecule has 8 heteroatoms. The molecule has 2 heterocycles. The van der Waals surface area contributed by atoms with Crippen LogP contribution < -0.4 is 16.1 Å². The molecule has 2 N–H and O–H groups in total. The van der Waals surface area contributed by atoms with Crippen LogP contribution in [0.4, 0.5) is 0 Å². The molecule has 0 spiro atoms. The first-order valence-corrected chi connectivity index (χ1v) is 7.94. The summed E-state index contributed by atoms with van der Waals surface area (Å²) in [5.41, 5.74) is 5.82. The fraction of sp³-hybridized carbons (Fsp3) is 0.176. The van der Waals surface area contributed by atoms with Crippen molar-refractivity contribution in [2.24, 2.45) is 5.73 Å². The number of hydrogen-bond donors (Lipinski definition) is 1. The van der Waals surface area contributed by atoms with Gasteiger partial charge in [0.15, 0.2) is 0 Å². The van der Waals surface area contributed by atoms with E-state index in [1.807, 2.05) is 0 Å². The molecule has 25 heavy (non-hydrogen) atoms. The second kappa shape index (κ2) is 6.46. The van der Waals surface area contributed by atoms with Gasteiger partial charge in [0.25, 0.3) is 0 Å². The molecule has 6 nitrogen and oxygen atoms in total. The highest BCUT2D eigenvalue weighted by Crippen LogP contribution is 2.43. The summed E-state index contributed by atoms with van der Waals surface area (Å²) in [5, 5.41) is 0.674. The lowest BCUT2D eigenvalue weighted by Gasteiger charge is -2.27. The van der Waals surface area contributed by atoms with Gasteiger partial charge >= 0.3 is 11.6 Å². The molecule has 1 aliphatic heterocycles. The van der Waals surface area contributed by atoms with E-state index >= 15 is 0 Å². The highest BCUT2D eigenvalue weighted by Gasteiger charge is 2.39. The molecule has 1 aromatic carbocycles. The van der Waals surface area contributed by atoms with Crippen LogP contribution in [0.25, 0.3) is 0 Å². The molecular formula is C17H13Cl2NO5. The second-order valence-corrected chi connectivity index (χ2v) is 6.24. The summed E-state index contributed by atoms with van der Waals surface area (Å²) in [7, 11) is 1.20. The molecule has 0 unspecified atom stereocenters. The van der Waals surface area contributed by atoms with Gasteiger partial charge in [-0.05, 0) is 24.6 Å². The summed E-state index contributed by atoms with van der Waals surface area (Å²) in [4.78, 5) is 24.8. The van der Waals surface area contributed by atoms with Crippen LogP contribution in [0.3, 0.4) is 0 Å². The number of esters is 1. The summed E-state index contributed by atoms with van der Waals surface area (Å²) in [6, 6.07) is 6.24. The average molecular weight is 382 g/mol. The van der Waals surface area contributed by atoms with Crippen LogP contribution in [0.2, 0.25) is 10.0 Å². The van der Waals surface area contributed by atoms with E-state index in [1.165, 1.54) is 19.2 Å². The Hall–Kier alpha value is -2.44. The molecule has 0 saturated carbocycles. The highest BCUT2D eigenvalue weighted by molar-refractivity contribution is 6.35. The van der Waals surface area contributed by atoms with Crippen LogP contribution in [0.5, 0.6) is 5.75 Å². The van der Waals surface area contributed by atoms with E-state index in [0.29, 0.717) is 16.3 Å². The number of hydrogen-bond acceptors (Lipinski definition) is 6. The molecule has 130 valence electrons. The Morgan fingerprint density at radius 1 is 1.28 bits per heavy atom. The van der Waals surface area contributed by atoms with Crippen LogP contribution in [0, 0.1) is 6.92 Å². The van der Waals surface area contributed by atoms with Crippen molar-refractivity contribution >= 4 is 29.2 Å². The number of ether oxygens (including phenoxy) is 2. The molecule has 1 aliphatic rings. The van der Waals surface area contributed by atoms with Crippen molar-refractivity contribution in [3.05, 3.63) is 73.1 Å². The zero-order chi connectivity index (χ0) is 18.3. The van der Waals surface area contributed by atoms with Crippen LogP contribution in [-0.2, 0) is 9.53 Å². The smallest absolute Gasteiger partial charge is 0.343 e. The van der Waals surface area contributed by atoms with E-state index in [2.05, 4.69) is 0 Å². The third-order valence-corrected chi connectivity index (χ3v) is 4.38. The largest absolute Gasteiger partial charge is 0.465 e. The van der Waals surface area contributed by atoms with Gasteiger partial charge in [-0.15, -0.1) is 0 Å². The van der Waals surface area contributed by atoms with E-state index in [9.17, 15) is 9.59 Å².